The van der Waals surface area contributed by atoms with Gasteiger partial charge in [-0.3, -0.25) is 0 Å². The van der Waals surface area contributed by atoms with E-state index in [1.807, 2.05) is 13.0 Å². The molecule has 0 aliphatic carbocycles. The summed E-state index contributed by atoms with van der Waals surface area (Å²) in [5.41, 5.74) is 1.64. The van der Waals surface area contributed by atoms with Crippen molar-refractivity contribution in [3.63, 3.8) is 0 Å². The first-order valence-electron chi connectivity index (χ1n) is 7.19. The number of anilines is 2. The molecule has 0 spiro atoms. The Bertz CT molecular complexity index is 599. The zero-order valence-corrected chi connectivity index (χ0v) is 12.7. The Labute approximate surface area is 124 Å². The van der Waals surface area contributed by atoms with Crippen LogP contribution < -0.4 is 10.6 Å². The summed E-state index contributed by atoms with van der Waals surface area (Å²) in [4.78, 5) is 8.59. The number of aromatic nitrogens is 2. The molecule has 4 nitrogen and oxygen atoms in total. The molecule has 112 valence electrons. The van der Waals surface area contributed by atoms with Crippen molar-refractivity contribution in [3.05, 3.63) is 47.5 Å². The van der Waals surface area contributed by atoms with Gasteiger partial charge in [-0.15, -0.1) is 0 Å². The molecule has 0 unspecified atom stereocenters. The van der Waals surface area contributed by atoms with Gasteiger partial charge in [0.05, 0.1) is 0 Å². The highest BCUT2D eigenvalue weighted by atomic mass is 19.1. The second-order valence-electron chi connectivity index (χ2n) is 5.11. The Morgan fingerprint density at radius 3 is 2.38 bits per heavy atom. The summed E-state index contributed by atoms with van der Waals surface area (Å²) in [6.07, 6.45) is 1.52. The number of nitrogens with one attached hydrogen (secondary N) is 2. The molecule has 1 aromatic heterocycles. The van der Waals surface area contributed by atoms with E-state index in [4.69, 9.17) is 0 Å². The highest BCUT2D eigenvalue weighted by Crippen LogP contribution is 2.28. The van der Waals surface area contributed by atoms with Crippen LogP contribution in [-0.4, -0.2) is 16.5 Å². The van der Waals surface area contributed by atoms with E-state index in [1.54, 1.807) is 12.1 Å². The molecule has 2 rings (SSSR count). The lowest BCUT2D eigenvalue weighted by molar-refractivity contribution is 0.612. The van der Waals surface area contributed by atoms with Crippen LogP contribution in [0.2, 0.25) is 0 Å². The third-order valence-electron chi connectivity index (χ3n) is 3.21. The Kier molecular flexibility index (Phi) is 5.09. The summed E-state index contributed by atoms with van der Waals surface area (Å²) in [6.45, 7) is 7.40. The molecule has 0 atom stereocenters. The van der Waals surface area contributed by atoms with Crippen molar-refractivity contribution >= 4 is 11.6 Å². The summed E-state index contributed by atoms with van der Waals surface area (Å²) in [7, 11) is 0. The summed E-state index contributed by atoms with van der Waals surface area (Å²) in [5.74, 6) is 1.64. The van der Waals surface area contributed by atoms with Crippen molar-refractivity contribution in [2.45, 2.75) is 33.2 Å². The van der Waals surface area contributed by atoms with E-state index in [2.05, 4.69) is 34.4 Å². The Morgan fingerprint density at radius 2 is 1.76 bits per heavy atom. The van der Waals surface area contributed by atoms with Crippen LogP contribution in [-0.2, 0) is 6.54 Å². The molecule has 0 amide bonds. The predicted octanol–water partition coefficient (Wildman–Crippen LogP) is 3.78. The van der Waals surface area contributed by atoms with Crippen LogP contribution in [0.4, 0.5) is 16.0 Å². The van der Waals surface area contributed by atoms with E-state index in [-0.39, 0.29) is 11.7 Å². The van der Waals surface area contributed by atoms with Crippen LogP contribution in [0.5, 0.6) is 0 Å². The summed E-state index contributed by atoms with van der Waals surface area (Å²) >= 11 is 0. The topological polar surface area (TPSA) is 49.8 Å². The van der Waals surface area contributed by atoms with Crippen molar-refractivity contribution in [1.29, 1.82) is 0 Å². The van der Waals surface area contributed by atoms with Crippen molar-refractivity contribution in [1.82, 2.24) is 9.97 Å². The fourth-order valence-corrected chi connectivity index (χ4v) is 2.21. The average Bonchev–Trinajstić information content (AvgIpc) is 2.46. The molecule has 1 aromatic carbocycles. The standard InChI is InChI=1S/C16H21FN4/c1-4-18-15-14(11(2)3)16(21-10-20-15)19-9-12-7-5-6-8-13(12)17/h5-8,10-11H,4,9H2,1-3H3,(H2,18,19,20,21). The van der Waals surface area contributed by atoms with Crippen molar-refractivity contribution < 1.29 is 4.39 Å². The largest absolute Gasteiger partial charge is 0.370 e. The van der Waals surface area contributed by atoms with Gasteiger partial charge in [-0.1, -0.05) is 32.0 Å². The first-order chi connectivity index (χ1) is 10.1. The Hall–Kier alpha value is -2.17. The van der Waals surface area contributed by atoms with Gasteiger partial charge < -0.3 is 10.6 Å². The van der Waals surface area contributed by atoms with Crippen molar-refractivity contribution in [2.75, 3.05) is 17.2 Å². The number of halogens is 1. The molecule has 0 bridgehead atoms. The van der Waals surface area contributed by atoms with Gasteiger partial charge in [0.1, 0.15) is 23.8 Å². The van der Waals surface area contributed by atoms with Crippen LogP contribution in [0.3, 0.4) is 0 Å². The SMILES string of the molecule is CCNc1ncnc(NCc2ccccc2F)c1C(C)C. The maximum Gasteiger partial charge on any atom is 0.135 e. The molecule has 1 heterocycles. The monoisotopic (exact) mass is 288 g/mol. The normalized spacial score (nSPS) is 10.7. The minimum absolute atomic E-state index is 0.211. The smallest absolute Gasteiger partial charge is 0.135 e. The predicted molar refractivity (Wildman–Crippen MR) is 84.0 cm³/mol. The van der Waals surface area contributed by atoms with E-state index in [0.717, 1.165) is 23.7 Å². The molecule has 2 aromatic rings. The number of rotatable bonds is 6. The summed E-state index contributed by atoms with van der Waals surface area (Å²) in [5, 5.41) is 6.46. The Balaban J connectivity index is 2.23. The van der Waals surface area contributed by atoms with E-state index in [0.29, 0.717) is 12.1 Å². The van der Waals surface area contributed by atoms with Crippen LogP contribution in [0.1, 0.15) is 37.8 Å². The highest BCUT2D eigenvalue weighted by Gasteiger charge is 2.14. The van der Waals surface area contributed by atoms with Crippen LogP contribution in [0.15, 0.2) is 30.6 Å². The van der Waals surface area contributed by atoms with E-state index in [1.165, 1.54) is 12.4 Å². The van der Waals surface area contributed by atoms with E-state index in [9.17, 15) is 4.39 Å². The van der Waals surface area contributed by atoms with Gasteiger partial charge in [0.15, 0.2) is 0 Å². The zero-order chi connectivity index (χ0) is 15.2. The second-order valence-corrected chi connectivity index (χ2v) is 5.11. The first kappa shape index (κ1) is 15.2. The Morgan fingerprint density at radius 1 is 1.10 bits per heavy atom. The maximum absolute atomic E-state index is 13.7. The highest BCUT2D eigenvalue weighted by molar-refractivity contribution is 5.59. The van der Waals surface area contributed by atoms with Gasteiger partial charge in [0, 0.05) is 24.2 Å². The fourth-order valence-electron chi connectivity index (χ4n) is 2.21. The molecule has 2 N–H and O–H groups in total. The lowest BCUT2D eigenvalue weighted by Gasteiger charge is -2.17. The lowest BCUT2D eigenvalue weighted by Crippen LogP contribution is -2.11. The first-order valence-corrected chi connectivity index (χ1v) is 7.19. The third-order valence-corrected chi connectivity index (χ3v) is 3.21. The summed E-state index contributed by atoms with van der Waals surface area (Å²) < 4.78 is 13.7. The third kappa shape index (κ3) is 3.68. The van der Waals surface area contributed by atoms with Gasteiger partial charge in [0.2, 0.25) is 0 Å². The number of benzene rings is 1. The van der Waals surface area contributed by atoms with Crippen LogP contribution in [0, 0.1) is 5.82 Å². The minimum atomic E-state index is -0.211. The molecule has 0 saturated carbocycles. The molecule has 0 radical (unpaired) electrons. The van der Waals surface area contributed by atoms with Gasteiger partial charge in [-0.05, 0) is 18.9 Å². The number of nitrogens with zero attached hydrogens (tertiary/aromatic N) is 2. The van der Waals surface area contributed by atoms with Gasteiger partial charge in [-0.2, -0.15) is 0 Å². The molecular formula is C16H21FN4. The number of hydrogen-bond acceptors (Lipinski definition) is 4. The molecule has 21 heavy (non-hydrogen) atoms. The molecular weight excluding hydrogens is 267 g/mol. The minimum Gasteiger partial charge on any atom is -0.370 e. The fraction of sp³-hybridized carbons (Fsp3) is 0.375. The number of hydrogen-bond donors (Lipinski definition) is 2. The van der Waals surface area contributed by atoms with Crippen molar-refractivity contribution in [3.8, 4) is 0 Å². The van der Waals surface area contributed by atoms with E-state index >= 15 is 0 Å². The molecule has 0 aliphatic rings. The van der Waals surface area contributed by atoms with Gasteiger partial charge in [-0.25, -0.2) is 14.4 Å². The van der Waals surface area contributed by atoms with Crippen molar-refractivity contribution in [2.24, 2.45) is 0 Å². The second kappa shape index (κ2) is 7.02. The quantitative estimate of drug-likeness (QED) is 0.849. The van der Waals surface area contributed by atoms with E-state index < -0.39 is 0 Å². The van der Waals surface area contributed by atoms with Gasteiger partial charge in [0.25, 0.3) is 0 Å². The molecule has 0 aliphatic heterocycles. The zero-order valence-electron chi connectivity index (χ0n) is 12.7. The molecule has 5 heteroatoms. The molecule has 0 saturated heterocycles. The summed E-state index contributed by atoms with van der Waals surface area (Å²) in [6, 6.07) is 6.74. The maximum atomic E-state index is 13.7. The molecule has 0 fully saturated rings. The lowest BCUT2D eigenvalue weighted by atomic mass is 10.0. The van der Waals surface area contributed by atoms with Crippen LogP contribution >= 0.6 is 0 Å². The van der Waals surface area contributed by atoms with Crippen LogP contribution in [0.25, 0.3) is 0 Å². The van der Waals surface area contributed by atoms with Gasteiger partial charge >= 0.3 is 0 Å². The average molecular weight is 288 g/mol.